The highest BCUT2D eigenvalue weighted by Crippen LogP contribution is 2.07. The van der Waals surface area contributed by atoms with Gasteiger partial charge in [-0.25, -0.2) is 5.43 Å². The summed E-state index contributed by atoms with van der Waals surface area (Å²) in [7, 11) is 0. The van der Waals surface area contributed by atoms with E-state index in [1.165, 1.54) is 0 Å². The number of carboxylic acids is 1. The molecular formula is C18H18N2O3. The minimum atomic E-state index is -0.899. The third-order valence-electron chi connectivity index (χ3n) is 3.21. The Hall–Kier alpha value is -2.95. The van der Waals surface area contributed by atoms with E-state index < -0.39 is 5.97 Å². The fourth-order valence-electron chi connectivity index (χ4n) is 2.07. The first kappa shape index (κ1) is 16.4. The van der Waals surface area contributed by atoms with E-state index in [0.29, 0.717) is 5.71 Å². The van der Waals surface area contributed by atoms with Crippen molar-refractivity contribution in [3.05, 3.63) is 71.8 Å². The zero-order valence-corrected chi connectivity index (χ0v) is 12.6. The number of aliphatic carboxylic acids is 1. The lowest BCUT2D eigenvalue weighted by Gasteiger charge is -2.06. The molecule has 118 valence electrons. The number of carboxylic acid groups (broad SMARTS) is 1. The summed E-state index contributed by atoms with van der Waals surface area (Å²) in [5.74, 6) is -1.14. The largest absolute Gasteiger partial charge is 0.481 e. The fourth-order valence-corrected chi connectivity index (χ4v) is 2.07. The Bertz CT molecular complexity index is 682. The van der Waals surface area contributed by atoms with Crippen LogP contribution in [0.3, 0.4) is 0 Å². The van der Waals surface area contributed by atoms with Crippen LogP contribution in [0.2, 0.25) is 0 Å². The third kappa shape index (κ3) is 5.74. The highest BCUT2D eigenvalue weighted by Gasteiger charge is 2.08. The maximum absolute atomic E-state index is 12.0. The summed E-state index contributed by atoms with van der Waals surface area (Å²) in [5.41, 5.74) is 4.76. The van der Waals surface area contributed by atoms with Gasteiger partial charge in [0.2, 0.25) is 5.91 Å². The number of hydrogen-bond donors (Lipinski definition) is 2. The average Bonchev–Trinajstić information content (AvgIpc) is 2.56. The van der Waals surface area contributed by atoms with Crippen molar-refractivity contribution in [1.82, 2.24) is 5.43 Å². The van der Waals surface area contributed by atoms with Crippen LogP contribution >= 0.6 is 0 Å². The lowest BCUT2D eigenvalue weighted by atomic mass is 10.1. The molecule has 2 N–H and O–H groups in total. The number of benzene rings is 2. The number of carbonyl (C=O) groups is 2. The summed E-state index contributed by atoms with van der Waals surface area (Å²) in [5, 5.41) is 13.0. The molecule has 0 aromatic heterocycles. The van der Waals surface area contributed by atoms with Crippen molar-refractivity contribution in [3.63, 3.8) is 0 Å². The van der Waals surface area contributed by atoms with E-state index in [1.54, 1.807) is 0 Å². The molecule has 0 aliphatic rings. The lowest BCUT2D eigenvalue weighted by Crippen LogP contribution is -2.22. The van der Waals surface area contributed by atoms with Crippen LogP contribution < -0.4 is 5.43 Å². The second-order valence-electron chi connectivity index (χ2n) is 5.02. The molecule has 23 heavy (non-hydrogen) atoms. The molecule has 0 atom stereocenters. The van der Waals surface area contributed by atoms with Gasteiger partial charge in [-0.05, 0) is 11.1 Å². The third-order valence-corrected chi connectivity index (χ3v) is 3.21. The van der Waals surface area contributed by atoms with E-state index in [1.807, 2.05) is 60.7 Å². The number of nitrogens with zero attached hydrogens (tertiary/aromatic N) is 1. The molecule has 0 spiro atoms. The first-order chi connectivity index (χ1) is 11.1. The molecule has 5 nitrogen and oxygen atoms in total. The summed E-state index contributed by atoms with van der Waals surface area (Å²) in [4.78, 5) is 22.7. The van der Waals surface area contributed by atoms with Crippen LogP contribution in [-0.2, 0) is 16.0 Å². The quantitative estimate of drug-likeness (QED) is 0.609. The van der Waals surface area contributed by atoms with E-state index in [0.717, 1.165) is 11.1 Å². The summed E-state index contributed by atoms with van der Waals surface area (Å²) < 4.78 is 0. The van der Waals surface area contributed by atoms with Crippen molar-refractivity contribution in [2.24, 2.45) is 5.10 Å². The predicted molar refractivity (Wildman–Crippen MR) is 88.1 cm³/mol. The number of amides is 1. The summed E-state index contributed by atoms with van der Waals surface area (Å²) >= 11 is 0. The van der Waals surface area contributed by atoms with Gasteiger partial charge in [-0.3, -0.25) is 9.59 Å². The average molecular weight is 310 g/mol. The number of nitrogens with one attached hydrogen (secondary N) is 1. The molecule has 2 rings (SSSR count). The normalized spacial score (nSPS) is 11.0. The first-order valence-electron chi connectivity index (χ1n) is 7.31. The molecule has 1 amide bonds. The van der Waals surface area contributed by atoms with Crippen LogP contribution in [0, 0.1) is 0 Å². The maximum Gasteiger partial charge on any atom is 0.303 e. The van der Waals surface area contributed by atoms with Crippen LogP contribution in [0.15, 0.2) is 65.8 Å². The first-order valence-corrected chi connectivity index (χ1v) is 7.31. The molecule has 0 radical (unpaired) electrons. The van der Waals surface area contributed by atoms with Gasteiger partial charge in [0.25, 0.3) is 0 Å². The molecular weight excluding hydrogens is 292 g/mol. The highest BCUT2D eigenvalue weighted by molar-refractivity contribution is 6.02. The number of rotatable bonds is 7. The number of hydrogen-bond acceptors (Lipinski definition) is 3. The molecule has 0 aliphatic carbocycles. The topological polar surface area (TPSA) is 78.8 Å². The molecule has 0 unspecified atom stereocenters. The van der Waals surface area contributed by atoms with Gasteiger partial charge in [0.1, 0.15) is 0 Å². The van der Waals surface area contributed by atoms with Gasteiger partial charge in [0, 0.05) is 6.42 Å². The van der Waals surface area contributed by atoms with Crippen molar-refractivity contribution >= 4 is 17.6 Å². The fraction of sp³-hybridized carbons (Fsp3) is 0.167. The Morgan fingerprint density at radius 2 is 1.52 bits per heavy atom. The molecule has 0 fully saturated rings. The molecule has 0 bridgehead atoms. The summed E-state index contributed by atoms with van der Waals surface area (Å²) in [6, 6.07) is 18.6. The van der Waals surface area contributed by atoms with E-state index in [4.69, 9.17) is 5.11 Å². The summed E-state index contributed by atoms with van der Waals surface area (Å²) in [6.07, 6.45) is 0.443. The second-order valence-corrected chi connectivity index (χ2v) is 5.02. The minimum Gasteiger partial charge on any atom is -0.481 e. The van der Waals surface area contributed by atoms with Crippen LogP contribution in [-0.4, -0.2) is 22.7 Å². The SMILES string of the molecule is O=C(O)CC/C(=N\NC(=O)Cc1ccccc1)c1ccccc1. The predicted octanol–water partition coefficient (Wildman–Crippen LogP) is 2.61. The zero-order chi connectivity index (χ0) is 16.5. The van der Waals surface area contributed by atoms with Gasteiger partial charge >= 0.3 is 5.97 Å². The van der Waals surface area contributed by atoms with E-state index >= 15 is 0 Å². The van der Waals surface area contributed by atoms with Crippen LogP contribution in [0.1, 0.15) is 24.0 Å². The van der Waals surface area contributed by atoms with Gasteiger partial charge in [-0.2, -0.15) is 5.10 Å². The molecule has 0 aliphatic heterocycles. The lowest BCUT2D eigenvalue weighted by molar-refractivity contribution is -0.136. The van der Waals surface area contributed by atoms with E-state index in [9.17, 15) is 9.59 Å². The number of carbonyl (C=O) groups excluding carboxylic acids is 1. The highest BCUT2D eigenvalue weighted by atomic mass is 16.4. The second kappa shape index (κ2) is 8.48. The Morgan fingerprint density at radius 3 is 2.13 bits per heavy atom. The van der Waals surface area contributed by atoms with Gasteiger partial charge in [-0.15, -0.1) is 0 Å². The van der Waals surface area contributed by atoms with E-state index in [-0.39, 0.29) is 25.2 Å². The van der Waals surface area contributed by atoms with Crippen molar-refractivity contribution in [1.29, 1.82) is 0 Å². The van der Waals surface area contributed by atoms with Gasteiger partial charge in [0.15, 0.2) is 0 Å². The molecule has 2 aromatic carbocycles. The van der Waals surface area contributed by atoms with Crippen LogP contribution in [0.25, 0.3) is 0 Å². The molecule has 2 aromatic rings. The Labute approximate surface area is 134 Å². The number of hydrazone groups is 1. The maximum atomic E-state index is 12.0. The Kier molecular flexibility index (Phi) is 6.06. The minimum absolute atomic E-state index is 0.0394. The van der Waals surface area contributed by atoms with Gasteiger partial charge in [-0.1, -0.05) is 60.7 Å². The monoisotopic (exact) mass is 310 g/mol. The standard InChI is InChI=1S/C18H18N2O3/c21-17(13-14-7-3-1-4-8-14)20-19-16(11-12-18(22)23)15-9-5-2-6-10-15/h1-10H,11-13H2,(H,20,21)(H,22,23)/b19-16+. The zero-order valence-electron chi connectivity index (χ0n) is 12.6. The van der Waals surface area contributed by atoms with Crippen LogP contribution in [0.4, 0.5) is 0 Å². The van der Waals surface area contributed by atoms with Crippen LogP contribution in [0.5, 0.6) is 0 Å². The molecule has 0 saturated carbocycles. The molecule has 0 saturated heterocycles. The summed E-state index contributed by atoms with van der Waals surface area (Å²) in [6.45, 7) is 0. The Balaban J connectivity index is 2.04. The van der Waals surface area contributed by atoms with Gasteiger partial charge in [0.05, 0.1) is 18.6 Å². The molecule has 5 heteroatoms. The van der Waals surface area contributed by atoms with Crippen molar-refractivity contribution in [2.45, 2.75) is 19.3 Å². The van der Waals surface area contributed by atoms with Crippen molar-refractivity contribution in [3.8, 4) is 0 Å². The Morgan fingerprint density at radius 1 is 0.913 bits per heavy atom. The van der Waals surface area contributed by atoms with Gasteiger partial charge < -0.3 is 5.11 Å². The van der Waals surface area contributed by atoms with Crippen molar-refractivity contribution < 1.29 is 14.7 Å². The van der Waals surface area contributed by atoms with E-state index in [2.05, 4.69) is 10.5 Å². The molecule has 0 heterocycles. The van der Waals surface area contributed by atoms with Crippen molar-refractivity contribution in [2.75, 3.05) is 0 Å². The smallest absolute Gasteiger partial charge is 0.303 e.